The average molecular weight is 296 g/mol. The Hall–Kier alpha value is -2.41. The summed E-state index contributed by atoms with van der Waals surface area (Å²) in [4.78, 5) is 11.8. The second-order valence-corrected chi connectivity index (χ2v) is 4.22. The van der Waals surface area contributed by atoms with Crippen LogP contribution in [0.15, 0.2) is 41.0 Å². The highest BCUT2D eigenvalue weighted by Gasteiger charge is 2.18. The number of ether oxygens (including phenoxy) is 1. The van der Waals surface area contributed by atoms with Crippen LogP contribution in [-0.4, -0.2) is 19.7 Å². The molecule has 0 aliphatic heterocycles. The number of methoxy groups -OCH3 is 1. The Kier molecular flexibility index (Phi) is 4.89. The maximum atomic E-state index is 13.5. The third-order valence-electron chi connectivity index (χ3n) is 2.73. The van der Waals surface area contributed by atoms with E-state index in [0.717, 1.165) is 6.07 Å². The number of halogens is 2. The summed E-state index contributed by atoms with van der Waals surface area (Å²) in [6.45, 7) is 0.173. The number of amides is 2. The molecule has 0 saturated heterocycles. The molecule has 1 aromatic carbocycles. The first-order chi connectivity index (χ1) is 10.1. The van der Waals surface area contributed by atoms with Crippen LogP contribution < -0.4 is 10.6 Å². The largest absolute Gasteiger partial charge is 0.467 e. The number of hydrogen-bond acceptors (Lipinski definition) is 3. The van der Waals surface area contributed by atoms with Gasteiger partial charge in [-0.15, -0.1) is 0 Å². The van der Waals surface area contributed by atoms with E-state index in [1.807, 2.05) is 0 Å². The fourth-order valence-electron chi connectivity index (χ4n) is 1.77. The van der Waals surface area contributed by atoms with Gasteiger partial charge in [-0.1, -0.05) is 6.07 Å². The number of rotatable bonds is 5. The molecule has 1 aromatic heterocycles. The first kappa shape index (κ1) is 15.0. The first-order valence-electron chi connectivity index (χ1n) is 6.15. The molecule has 2 rings (SSSR count). The van der Waals surface area contributed by atoms with Gasteiger partial charge in [0.05, 0.1) is 18.6 Å². The van der Waals surface area contributed by atoms with Gasteiger partial charge >= 0.3 is 6.03 Å². The number of carbonyl (C=O) groups excluding carboxylic acids is 1. The number of urea groups is 1. The minimum Gasteiger partial charge on any atom is -0.467 e. The highest BCUT2D eigenvalue weighted by atomic mass is 19.2. The van der Waals surface area contributed by atoms with Crippen LogP contribution in [-0.2, 0) is 4.74 Å². The molecule has 0 spiro atoms. The van der Waals surface area contributed by atoms with E-state index in [-0.39, 0.29) is 12.3 Å². The standard InChI is InChI=1S/C14H14F2N2O3/c1-20-8-11(12-6-3-7-21-12)18-14(19)17-10-5-2-4-9(15)13(10)16/h2-7,11H,8H2,1H3,(H2,17,18,19)/t11-/m0/s1. The van der Waals surface area contributed by atoms with Crippen LogP contribution in [0, 0.1) is 11.6 Å². The molecule has 112 valence electrons. The smallest absolute Gasteiger partial charge is 0.319 e. The van der Waals surface area contributed by atoms with Crippen molar-refractivity contribution in [1.29, 1.82) is 0 Å². The lowest BCUT2D eigenvalue weighted by Crippen LogP contribution is -2.34. The monoisotopic (exact) mass is 296 g/mol. The molecule has 2 aromatic rings. The van der Waals surface area contributed by atoms with Crippen LogP contribution in [0.2, 0.25) is 0 Å². The third-order valence-corrected chi connectivity index (χ3v) is 2.73. The zero-order valence-corrected chi connectivity index (χ0v) is 11.2. The lowest BCUT2D eigenvalue weighted by molar-refractivity contribution is 0.159. The molecule has 1 heterocycles. The fourth-order valence-corrected chi connectivity index (χ4v) is 1.77. The highest BCUT2D eigenvalue weighted by molar-refractivity contribution is 5.89. The van der Waals surface area contributed by atoms with Gasteiger partial charge in [0.2, 0.25) is 0 Å². The van der Waals surface area contributed by atoms with Gasteiger partial charge in [-0.2, -0.15) is 0 Å². The second kappa shape index (κ2) is 6.85. The second-order valence-electron chi connectivity index (χ2n) is 4.22. The summed E-state index contributed by atoms with van der Waals surface area (Å²) in [6, 6.07) is 5.63. The van der Waals surface area contributed by atoms with Gasteiger partial charge in [-0.3, -0.25) is 0 Å². The number of carbonyl (C=O) groups is 1. The fraction of sp³-hybridized carbons (Fsp3) is 0.214. The van der Waals surface area contributed by atoms with E-state index < -0.39 is 23.7 Å². The molecule has 2 N–H and O–H groups in total. The number of furan rings is 1. The molecule has 21 heavy (non-hydrogen) atoms. The summed E-state index contributed by atoms with van der Waals surface area (Å²) in [5.41, 5.74) is -0.247. The number of hydrogen-bond donors (Lipinski definition) is 2. The molecule has 0 fully saturated rings. The van der Waals surface area contributed by atoms with Crippen LogP contribution in [0.25, 0.3) is 0 Å². The van der Waals surface area contributed by atoms with Crippen LogP contribution >= 0.6 is 0 Å². The molecule has 0 radical (unpaired) electrons. The Balaban J connectivity index is 2.04. The van der Waals surface area contributed by atoms with Crippen molar-refractivity contribution in [1.82, 2.24) is 5.32 Å². The summed E-state index contributed by atoms with van der Waals surface area (Å²) in [5.74, 6) is -1.66. The predicted octanol–water partition coefficient (Wildman–Crippen LogP) is 3.07. The van der Waals surface area contributed by atoms with Crippen molar-refractivity contribution in [2.24, 2.45) is 0 Å². The van der Waals surface area contributed by atoms with Gasteiger partial charge in [0.25, 0.3) is 0 Å². The average Bonchev–Trinajstić information content (AvgIpc) is 2.97. The minimum absolute atomic E-state index is 0.173. The molecule has 1 atom stereocenters. The van der Waals surface area contributed by atoms with Crippen molar-refractivity contribution in [2.75, 3.05) is 19.0 Å². The minimum atomic E-state index is -1.12. The zero-order valence-electron chi connectivity index (χ0n) is 11.2. The molecule has 0 aliphatic rings. The summed E-state index contributed by atoms with van der Waals surface area (Å²) < 4.78 is 36.7. The Morgan fingerprint density at radius 3 is 2.81 bits per heavy atom. The maximum Gasteiger partial charge on any atom is 0.319 e. The van der Waals surface area contributed by atoms with E-state index in [1.165, 1.54) is 25.5 Å². The molecule has 2 amide bonds. The van der Waals surface area contributed by atoms with E-state index in [1.54, 1.807) is 12.1 Å². The van der Waals surface area contributed by atoms with Crippen molar-refractivity contribution in [2.45, 2.75) is 6.04 Å². The Morgan fingerprint density at radius 1 is 1.33 bits per heavy atom. The highest BCUT2D eigenvalue weighted by Crippen LogP contribution is 2.18. The molecular weight excluding hydrogens is 282 g/mol. The first-order valence-corrected chi connectivity index (χ1v) is 6.15. The van der Waals surface area contributed by atoms with Crippen LogP contribution in [0.1, 0.15) is 11.8 Å². The SMILES string of the molecule is COC[C@H](NC(=O)Nc1cccc(F)c1F)c1ccco1. The van der Waals surface area contributed by atoms with Gasteiger partial charge < -0.3 is 19.8 Å². The zero-order chi connectivity index (χ0) is 15.2. The van der Waals surface area contributed by atoms with E-state index in [4.69, 9.17) is 9.15 Å². The van der Waals surface area contributed by atoms with E-state index in [9.17, 15) is 13.6 Å². The molecule has 7 heteroatoms. The van der Waals surface area contributed by atoms with Gasteiger partial charge in [0, 0.05) is 7.11 Å². The summed E-state index contributed by atoms with van der Waals surface area (Å²) in [7, 11) is 1.47. The van der Waals surface area contributed by atoms with Gasteiger partial charge in [-0.05, 0) is 24.3 Å². The van der Waals surface area contributed by atoms with E-state index in [0.29, 0.717) is 5.76 Å². The Bertz CT molecular complexity index is 602. The molecule has 5 nitrogen and oxygen atoms in total. The Morgan fingerprint density at radius 2 is 2.14 bits per heavy atom. The summed E-state index contributed by atoms with van der Waals surface area (Å²) in [6.07, 6.45) is 1.46. The third kappa shape index (κ3) is 3.79. The normalized spacial score (nSPS) is 12.0. The topological polar surface area (TPSA) is 63.5 Å². The van der Waals surface area contributed by atoms with Crippen LogP contribution in [0.3, 0.4) is 0 Å². The van der Waals surface area contributed by atoms with E-state index >= 15 is 0 Å². The lowest BCUT2D eigenvalue weighted by Gasteiger charge is -2.16. The molecule has 0 aliphatic carbocycles. The van der Waals surface area contributed by atoms with Crippen molar-refractivity contribution in [3.05, 3.63) is 54.0 Å². The van der Waals surface area contributed by atoms with Crippen molar-refractivity contribution in [3.63, 3.8) is 0 Å². The maximum absolute atomic E-state index is 13.5. The summed E-state index contributed by atoms with van der Waals surface area (Å²) >= 11 is 0. The molecular formula is C14H14F2N2O3. The lowest BCUT2D eigenvalue weighted by atomic mass is 10.2. The van der Waals surface area contributed by atoms with E-state index in [2.05, 4.69) is 10.6 Å². The predicted molar refractivity (Wildman–Crippen MR) is 71.8 cm³/mol. The van der Waals surface area contributed by atoms with Crippen molar-refractivity contribution >= 4 is 11.7 Å². The van der Waals surface area contributed by atoms with Crippen LogP contribution in [0.4, 0.5) is 19.3 Å². The van der Waals surface area contributed by atoms with Crippen molar-refractivity contribution in [3.8, 4) is 0 Å². The Labute approximate surface area is 119 Å². The van der Waals surface area contributed by atoms with Gasteiger partial charge in [0.15, 0.2) is 11.6 Å². The van der Waals surface area contributed by atoms with Gasteiger partial charge in [-0.25, -0.2) is 13.6 Å². The number of anilines is 1. The summed E-state index contributed by atoms with van der Waals surface area (Å²) in [5, 5.41) is 4.80. The number of nitrogens with one attached hydrogen (secondary N) is 2. The quantitative estimate of drug-likeness (QED) is 0.891. The van der Waals surface area contributed by atoms with Crippen LogP contribution in [0.5, 0.6) is 0 Å². The molecule has 0 bridgehead atoms. The van der Waals surface area contributed by atoms with Gasteiger partial charge in [0.1, 0.15) is 11.8 Å². The molecule has 0 unspecified atom stereocenters. The molecule has 0 saturated carbocycles. The van der Waals surface area contributed by atoms with Crippen molar-refractivity contribution < 1.29 is 22.7 Å². The number of benzene rings is 1.